The Bertz CT molecular complexity index is 763. The van der Waals surface area contributed by atoms with Gasteiger partial charge >= 0.3 is 0 Å². The van der Waals surface area contributed by atoms with Crippen molar-refractivity contribution in [2.75, 3.05) is 6.54 Å². The van der Waals surface area contributed by atoms with Gasteiger partial charge in [-0.25, -0.2) is 0 Å². The molecule has 2 heterocycles. The second-order valence-electron chi connectivity index (χ2n) is 6.81. The van der Waals surface area contributed by atoms with E-state index >= 15 is 0 Å². The molecule has 2 aromatic rings. The highest BCUT2D eigenvalue weighted by Gasteiger charge is 2.28. The van der Waals surface area contributed by atoms with Gasteiger partial charge in [-0.05, 0) is 38.2 Å². The summed E-state index contributed by atoms with van der Waals surface area (Å²) in [6, 6.07) is 2.12. The van der Waals surface area contributed by atoms with E-state index in [0.29, 0.717) is 19.0 Å². The van der Waals surface area contributed by atoms with Gasteiger partial charge in [-0.15, -0.1) is 0 Å². The van der Waals surface area contributed by atoms with Gasteiger partial charge in [-0.1, -0.05) is 12.2 Å². The highest BCUT2D eigenvalue weighted by atomic mass is 16.1. The number of carbonyl (C=O) groups excluding carboxylic acids is 1. The highest BCUT2D eigenvalue weighted by Crippen LogP contribution is 2.41. The highest BCUT2D eigenvalue weighted by molar-refractivity contribution is 5.78. The molecule has 0 radical (unpaired) electrons. The Morgan fingerprint density at radius 3 is 2.84 bits per heavy atom. The van der Waals surface area contributed by atoms with Crippen LogP contribution in [0.2, 0.25) is 0 Å². The van der Waals surface area contributed by atoms with E-state index < -0.39 is 0 Å². The molecule has 1 N–H and O–H groups in total. The van der Waals surface area contributed by atoms with Crippen molar-refractivity contribution in [2.45, 2.75) is 44.6 Å². The average molecular weight is 337 g/mol. The molecule has 1 atom stereocenters. The molecule has 1 fully saturated rings. The Labute approximate surface area is 147 Å². The fraction of sp³-hybridized carbons (Fsp3) is 0.474. The topological polar surface area (TPSA) is 72.7 Å². The second kappa shape index (κ2) is 7.17. The summed E-state index contributed by atoms with van der Waals surface area (Å²) in [4.78, 5) is 20.7. The third-order valence-corrected chi connectivity index (χ3v) is 4.90. The van der Waals surface area contributed by atoms with Crippen LogP contribution in [0.1, 0.15) is 43.7 Å². The van der Waals surface area contributed by atoms with Crippen molar-refractivity contribution < 1.29 is 4.79 Å². The largest absolute Gasteiger partial charge is 0.354 e. The van der Waals surface area contributed by atoms with Crippen LogP contribution in [-0.2, 0) is 11.3 Å². The third-order valence-electron chi connectivity index (χ3n) is 4.90. The van der Waals surface area contributed by atoms with Gasteiger partial charge < -0.3 is 5.32 Å². The van der Waals surface area contributed by atoms with Crippen LogP contribution in [0.3, 0.4) is 0 Å². The quantitative estimate of drug-likeness (QED) is 0.823. The molecule has 2 aliphatic rings. The molecule has 0 unspecified atom stereocenters. The van der Waals surface area contributed by atoms with Crippen LogP contribution >= 0.6 is 0 Å². The molecule has 0 aromatic carbocycles. The number of rotatable bonds is 6. The monoisotopic (exact) mass is 337 g/mol. The van der Waals surface area contributed by atoms with E-state index in [1.165, 1.54) is 18.5 Å². The molecule has 0 bridgehead atoms. The Morgan fingerprint density at radius 2 is 2.12 bits per heavy atom. The van der Waals surface area contributed by atoms with Gasteiger partial charge in [0.25, 0.3) is 0 Å². The molecule has 130 valence electrons. The van der Waals surface area contributed by atoms with Crippen LogP contribution in [0.25, 0.3) is 11.4 Å². The molecule has 25 heavy (non-hydrogen) atoms. The number of nitrogens with one attached hydrogen (secondary N) is 1. The van der Waals surface area contributed by atoms with Crippen LogP contribution in [0.4, 0.5) is 0 Å². The molecular formula is C19H23N5O. The molecule has 0 aliphatic heterocycles. The van der Waals surface area contributed by atoms with E-state index in [0.717, 1.165) is 30.7 Å². The van der Waals surface area contributed by atoms with Gasteiger partial charge in [-0.3, -0.25) is 19.4 Å². The van der Waals surface area contributed by atoms with Crippen molar-refractivity contribution in [3.05, 3.63) is 42.5 Å². The summed E-state index contributed by atoms with van der Waals surface area (Å²) in [5, 5.41) is 7.78. The van der Waals surface area contributed by atoms with Gasteiger partial charge in [-0.2, -0.15) is 5.10 Å². The predicted octanol–water partition coefficient (Wildman–Crippen LogP) is 2.69. The standard InChI is InChI=1S/C19H23N5O/c25-19(15-4-2-1-3-5-15)22-10-11-24-18(14-6-7-14)12-16(23-24)17-13-20-8-9-21-17/h1-2,8-9,12-15H,3-7,10-11H2,(H,22,25)/t15-/m1/s1. The number of hydrogen-bond acceptors (Lipinski definition) is 4. The lowest BCUT2D eigenvalue weighted by molar-refractivity contribution is -0.125. The minimum absolute atomic E-state index is 0.126. The molecule has 0 saturated heterocycles. The lowest BCUT2D eigenvalue weighted by Gasteiger charge is -2.17. The van der Waals surface area contributed by atoms with Crippen molar-refractivity contribution >= 4 is 5.91 Å². The number of amides is 1. The average Bonchev–Trinajstić information content (AvgIpc) is 3.43. The maximum atomic E-state index is 12.3. The molecule has 0 spiro atoms. The van der Waals surface area contributed by atoms with Crippen LogP contribution in [0.15, 0.2) is 36.8 Å². The van der Waals surface area contributed by atoms with Crippen molar-refractivity contribution in [3.8, 4) is 11.4 Å². The van der Waals surface area contributed by atoms with Crippen LogP contribution in [0.5, 0.6) is 0 Å². The molecule has 1 saturated carbocycles. The second-order valence-corrected chi connectivity index (χ2v) is 6.81. The molecular weight excluding hydrogens is 314 g/mol. The van der Waals surface area contributed by atoms with Crippen LogP contribution < -0.4 is 5.32 Å². The first-order chi connectivity index (χ1) is 12.3. The van der Waals surface area contributed by atoms with E-state index in [4.69, 9.17) is 5.10 Å². The van der Waals surface area contributed by atoms with Gasteiger partial charge in [0.1, 0.15) is 11.4 Å². The summed E-state index contributed by atoms with van der Waals surface area (Å²) in [6.07, 6.45) is 14.6. The van der Waals surface area contributed by atoms with Gasteiger partial charge in [0, 0.05) is 36.5 Å². The normalized spacial score (nSPS) is 19.8. The number of carbonyl (C=O) groups is 1. The Hall–Kier alpha value is -2.50. The maximum Gasteiger partial charge on any atom is 0.223 e. The van der Waals surface area contributed by atoms with E-state index in [-0.39, 0.29) is 11.8 Å². The van der Waals surface area contributed by atoms with Gasteiger partial charge in [0.05, 0.1) is 12.7 Å². The van der Waals surface area contributed by atoms with Gasteiger partial charge in [0.15, 0.2) is 0 Å². The zero-order valence-corrected chi connectivity index (χ0v) is 14.3. The number of allylic oxidation sites excluding steroid dienone is 2. The number of hydrogen-bond donors (Lipinski definition) is 1. The zero-order chi connectivity index (χ0) is 17.1. The van der Waals surface area contributed by atoms with Crippen molar-refractivity contribution in [1.82, 2.24) is 25.1 Å². The molecule has 6 heteroatoms. The smallest absolute Gasteiger partial charge is 0.223 e. The van der Waals surface area contributed by atoms with E-state index in [2.05, 4.69) is 33.5 Å². The summed E-state index contributed by atoms with van der Waals surface area (Å²) in [5.74, 6) is 0.886. The van der Waals surface area contributed by atoms with E-state index in [1.807, 2.05) is 4.68 Å². The SMILES string of the molecule is O=C(NCCn1nc(-c2cnccn2)cc1C1CC1)[C@@H]1CC=CCC1. The predicted molar refractivity (Wildman–Crippen MR) is 94.7 cm³/mol. The maximum absolute atomic E-state index is 12.3. The summed E-state index contributed by atoms with van der Waals surface area (Å²) in [5.41, 5.74) is 2.90. The van der Waals surface area contributed by atoms with Gasteiger partial charge in [0.2, 0.25) is 5.91 Å². The Balaban J connectivity index is 1.40. The molecule has 4 rings (SSSR count). The Kier molecular flexibility index (Phi) is 4.59. The molecule has 2 aliphatic carbocycles. The van der Waals surface area contributed by atoms with Crippen molar-refractivity contribution in [2.24, 2.45) is 5.92 Å². The summed E-state index contributed by atoms with van der Waals surface area (Å²) >= 11 is 0. The summed E-state index contributed by atoms with van der Waals surface area (Å²) < 4.78 is 2.03. The van der Waals surface area contributed by atoms with Crippen molar-refractivity contribution in [3.63, 3.8) is 0 Å². The summed E-state index contributed by atoms with van der Waals surface area (Å²) in [7, 11) is 0. The lowest BCUT2D eigenvalue weighted by atomic mass is 9.94. The van der Waals surface area contributed by atoms with Crippen LogP contribution in [-0.4, -0.2) is 32.2 Å². The first kappa shape index (κ1) is 16.0. The number of aromatic nitrogens is 4. The zero-order valence-electron chi connectivity index (χ0n) is 14.3. The lowest BCUT2D eigenvalue weighted by Crippen LogP contribution is -2.33. The number of nitrogens with zero attached hydrogens (tertiary/aromatic N) is 4. The molecule has 1 amide bonds. The fourth-order valence-corrected chi connectivity index (χ4v) is 3.34. The van der Waals surface area contributed by atoms with Crippen LogP contribution in [0, 0.1) is 5.92 Å². The molecule has 6 nitrogen and oxygen atoms in total. The first-order valence-corrected chi connectivity index (χ1v) is 9.08. The summed E-state index contributed by atoms with van der Waals surface area (Å²) in [6.45, 7) is 1.31. The minimum atomic E-state index is 0.126. The Morgan fingerprint density at radius 1 is 1.20 bits per heavy atom. The van der Waals surface area contributed by atoms with E-state index in [1.54, 1.807) is 18.6 Å². The first-order valence-electron chi connectivity index (χ1n) is 9.08. The molecule has 2 aromatic heterocycles. The minimum Gasteiger partial charge on any atom is -0.354 e. The third kappa shape index (κ3) is 3.78. The van der Waals surface area contributed by atoms with E-state index in [9.17, 15) is 4.79 Å². The van der Waals surface area contributed by atoms with Crippen molar-refractivity contribution in [1.29, 1.82) is 0 Å². The fourth-order valence-electron chi connectivity index (χ4n) is 3.34.